The van der Waals surface area contributed by atoms with Gasteiger partial charge in [-0.25, -0.2) is 0 Å². The van der Waals surface area contributed by atoms with Crippen LogP contribution < -0.4 is 10.6 Å². The molecule has 1 atom stereocenters. The van der Waals surface area contributed by atoms with Gasteiger partial charge in [0.2, 0.25) is 5.91 Å². The number of carbonyl (C=O) groups is 1. The smallest absolute Gasteiger partial charge is 0.221 e. The molecular weight excluding hydrogens is 180 g/mol. The van der Waals surface area contributed by atoms with Crippen LogP contribution in [0.1, 0.15) is 33.1 Å². The lowest BCUT2D eigenvalue weighted by Gasteiger charge is -2.29. The third kappa shape index (κ3) is 5.19. The van der Waals surface area contributed by atoms with Crippen LogP contribution in [0.15, 0.2) is 0 Å². The van der Waals surface area contributed by atoms with Crippen LogP contribution in [0.2, 0.25) is 0 Å². The van der Waals surface area contributed by atoms with E-state index in [1.165, 1.54) is 0 Å². The maximum atomic E-state index is 11.4. The monoisotopic (exact) mass is 202 g/mol. The second-order valence-electron chi connectivity index (χ2n) is 3.79. The summed E-state index contributed by atoms with van der Waals surface area (Å²) in [7, 11) is 1.82. The Labute approximate surface area is 86.1 Å². The molecule has 0 bridgehead atoms. The average molecular weight is 202 g/mol. The van der Waals surface area contributed by atoms with E-state index in [0.29, 0.717) is 19.4 Å². The molecular formula is C10H22N2O2. The standard InChI is InChI=1S/C10H22N2O2/c1-4-10(2,6-8-13)12-9(14)5-7-11-3/h11,13H,4-8H2,1-3H3,(H,12,14). The van der Waals surface area contributed by atoms with Gasteiger partial charge >= 0.3 is 0 Å². The van der Waals surface area contributed by atoms with Gasteiger partial charge in [0, 0.05) is 25.1 Å². The van der Waals surface area contributed by atoms with Crippen molar-refractivity contribution in [2.75, 3.05) is 20.2 Å². The summed E-state index contributed by atoms with van der Waals surface area (Å²) in [6.07, 6.45) is 1.92. The first kappa shape index (κ1) is 13.4. The molecule has 4 heteroatoms. The molecule has 0 aliphatic heterocycles. The van der Waals surface area contributed by atoms with Gasteiger partial charge in [-0.2, -0.15) is 0 Å². The number of rotatable bonds is 7. The Morgan fingerprint density at radius 2 is 2.14 bits per heavy atom. The minimum atomic E-state index is -0.264. The quantitative estimate of drug-likeness (QED) is 0.555. The number of hydrogen-bond acceptors (Lipinski definition) is 3. The van der Waals surface area contributed by atoms with Gasteiger partial charge in [0.15, 0.2) is 0 Å². The topological polar surface area (TPSA) is 61.4 Å². The zero-order chi connectivity index (χ0) is 11.0. The summed E-state index contributed by atoms with van der Waals surface area (Å²) in [4.78, 5) is 11.4. The Morgan fingerprint density at radius 3 is 2.57 bits per heavy atom. The highest BCUT2D eigenvalue weighted by molar-refractivity contribution is 5.76. The summed E-state index contributed by atoms with van der Waals surface area (Å²) in [6.45, 7) is 4.76. The van der Waals surface area contributed by atoms with Crippen molar-refractivity contribution >= 4 is 5.91 Å². The van der Waals surface area contributed by atoms with Gasteiger partial charge in [0.1, 0.15) is 0 Å². The van der Waals surface area contributed by atoms with E-state index < -0.39 is 0 Å². The summed E-state index contributed by atoms with van der Waals surface area (Å²) >= 11 is 0. The van der Waals surface area contributed by atoms with Crippen LogP contribution >= 0.6 is 0 Å². The van der Waals surface area contributed by atoms with E-state index in [1.54, 1.807) is 0 Å². The molecule has 0 aliphatic rings. The lowest BCUT2D eigenvalue weighted by Crippen LogP contribution is -2.46. The third-order valence-electron chi connectivity index (χ3n) is 2.49. The zero-order valence-corrected chi connectivity index (χ0v) is 9.39. The lowest BCUT2D eigenvalue weighted by molar-refractivity contribution is -0.123. The van der Waals surface area contributed by atoms with E-state index in [1.807, 2.05) is 20.9 Å². The molecule has 84 valence electrons. The fourth-order valence-corrected chi connectivity index (χ4v) is 1.21. The number of amides is 1. The predicted octanol–water partition coefficient (Wildman–Crippen LogP) is 0.263. The molecule has 0 saturated heterocycles. The predicted molar refractivity (Wildman–Crippen MR) is 57.1 cm³/mol. The minimum Gasteiger partial charge on any atom is -0.396 e. The highest BCUT2D eigenvalue weighted by Crippen LogP contribution is 2.13. The molecule has 0 radical (unpaired) electrons. The van der Waals surface area contributed by atoms with Gasteiger partial charge in [-0.1, -0.05) is 6.92 Å². The van der Waals surface area contributed by atoms with Gasteiger partial charge in [0.05, 0.1) is 0 Å². The van der Waals surface area contributed by atoms with Crippen LogP contribution in [0.25, 0.3) is 0 Å². The minimum absolute atomic E-state index is 0.0390. The summed E-state index contributed by atoms with van der Waals surface area (Å²) in [5.41, 5.74) is -0.264. The number of hydrogen-bond donors (Lipinski definition) is 3. The molecule has 0 aliphatic carbocycles. The Balaban J connectivity index is 3.96. The summed E-state index contributed by atoms with van der Waals surface area (Å²) in [5, 5.41) is 14.7. The van der Waals surface area contributed by atoms with E-state index in [0.717, 1.165) is 6.42 Å². The number of carbonyl (C=O) groups excluding carboxylic acids is 1. The van der Waals surface area contributed by atoms with E-state index >= 15 is 0 Å². The van der Waals surface area contributed by atoms with Gasteiger partial charge in [-0.15, -0.1) is 0 Å². The molecule has 1 unspecified atom stereocenters. The largest absolute Gasteiger partial charge is 0.396 e. The van der Waals surface area contributed by atoms with E-state index in [4.69, 9.17) is 5.11 Å². The molecule has 1 amide bonds. The van der Waals surface area contributed by atoms with Gasteiger partial charge in [-0.05, 0) is 26.8 Å². The van der Waals surface area contributed by atoms with Crippen molar-refractivity contribution in [1.29, 1.82) is 0 Å². The molecule has 4 nitrogen and oxygen atoms in total. The average Bonchev–Trinajstić information content (AvgIpc) is 2.15. The normalized spacial score (nSPS) is 14.9. The molecule has 3 N–H and O–H groups in total. The van der Waals surface area contributed by atoms with Crippen molar-refractivity contribution in [1.82, 2.24) is 10.6 Å². The van der Waals surface area contributed by atoms with Crippen LogP contribution in [-0.2, 0) is 4.79 Å². The van der Waals surface area contributed by atoms with Gasteiger partial charge in [-0.3, -0.25) is 4.79 Å². The van der Waals surface area contributed by atoms with Crippen LogP contribution in [0.4, 0.5) is 0 Å². The van der Waals surface area contributed by atoms with Crippen LogP contribution in [0.3, 0.4) is 0 Å². The maximum Gasteiger partial charge on any atom is 0.221 e. The molecule has 0 aromatic heterocycles. The molecule has 0 spiro atoms. The molecule has 0 aromatic rings. The Hall–Kier alpha value is -0.610. The molecule has 14 heavy (non-hydrogen) atoms. The lowest BCUT2D eigenvalue weighted by atomic mass is 9.95. The van der Waals surface area contributed by atoms with Crippen molar-refractivity contribution in [2.45, 2.75) is 38.6 Å². The van der Waals surface area contributed by atoms with Crippen molar-refractivity contribution < 1.29 is 9.90 Å². The van der Waals surface area contributed by atoms with E-state index in [9.17, 15) is 4.79 Å². The van der Waals surface area contributed by atoms with Crippen molar-refractivity contribution in [3.05, 3.63) is 0 Å². The first-order valence-electron chi connectivity index (χ1n) is 5.14. The van der Waals surface area contributed by atoms with Crippen LogP contribution in [0.5, 0.6) is 0 Å². The number of aliphatic hydroxyl groups is 1. The third-order valence-corrected chi connectivity index (χ3v) is 2.49. The summed E-state index contributed by atoms with van der Waals surface area (Å²) < 4.78 is 0. The SMILES string of the molecule is CCC(C)(CCO)NC(=O)CCNC. The van der Waals surface area contributed by atoms with Crippen LogP contribution in [0, 0.1) is 0 Å². The molecule has 0 aromatic carbocycles. The molecule has 0 fully saturated rings. The molecule has 0 heterocycles. The second-order valence-corrected chi connectivity index (χ2v) is 3.79. The number of aliphatic hydroxyl groups excluding tert-OH is 1. The zero-order valence-electron chi connectivity index (χ0n) is 9.39. The molecule has 0 rings (SSSR count). The highest BCUT2D eigenvalue weighted by Gasteiger charge is 2.22. The van der Waals surface area contributed by atoms with Crippen molar-refractivity contribution in [2.24, 2.45) is 0 Å². The second kappa shape index (κ2) is 6.79. The van der Waals surface area contributed by atoms with E-state index in [-0.39, 0.29) is 18.1 Å². The Kier molecular flexibility index (Phi) is 6.49. The summed E-state index contributed by atoms with van der Waals surface area (Å²) in [6, 6.07) is 0. The Bertz CT molecular complexity index is 174. The van der Waals surface area contributed by atoms with Crippen LogP contribution in [-0.4, -0.2) is 36.8 Å². The van der Waals surface area contributed by atoms with Crippen molar-refractivity contribution in [3.8, 4) is 0 Å². The first-order chi connectivity index (χ1) is 6.58. The first-order valence-corrected chi connectivity index (χ1v) is 5.14. The van der Waals surface area contributed by atoms with Gasteiger partial charge < -0.3 is 15.7 Å². The van der Waals surface area contributed by atoms with Gasteiger partial charge in [0.25, 0.3) is 0 Å². The number of nitrogens with one attached hydrogen (secondary N) is 2. The highest BCUT2D eigenvalue weighted by atomic mass is 16.3. The molecule has 0 saturated carbocycles. The van der Waals surface area contributed by atoms with Crippen molar-refractivity contribution in [3.63, 3.8) is 0 Å². The maximum absolute atomic E-state index is 11.4. The fourth-order valence-electron chi connectivity index (χ4n) is 1.21. The Morgan fingerprint density at radius 1 is 1.50 bits per heavy atom. The summed E-state index contributed by atoms with van der Waals surface area (Å²) in [5.74, 6) is 0.0390. The van der Waals surface area contributed by atoms with E-state index in [2.05, 4.69) is 10.6 Å². The fraction of sp³-hybridized carbons (Fsp3) is 0.900.